The number of hydrogen-bond donors (Lipinski definition) is 2. The molecule has 0 saturated heterocycles. The summed E-state index contributed by atoms with van der Waals surface area (Å²) in [7, 11) is 0. The summed E-state index contributed by atoms with van der Waals surface area (Å²) < 4.78 is 1.78. The molecule has 0 aliphatic rings. The van der Waals surface area contributed by atoms with Crippen molar-refractivity contribution in [2.75, 3.05) is 0 Å². The second-order valence-electron chi connectivity index (χ2n) is 7.32. The number of aliphatic hydroxyl groups excluding tert-OH is 1. The van der Waals surface area contributed by atoms with Crippen LogP contribution in [-0.2, 0) is 12.2 Å². The first kappa shape index (κ1) is 19.9. The van der Waals surface area contributed by atoms with Crippen molar-refractivity contribution in [3.05, 3.63) is 83.0 Å². The highest BCUT2D eigenvalue weighted by molar-refractivity contribution is 7.18. The highest BCUT2D eigenvalue weighted by Gasteiger charge is 2.24. The predicted molar refractivity (Wildman–Crippen MR) is 118 cm³/mol. The van der Waals surface area contributed by atoms with E-state index in [-0.39, 0.29) is 6.61 Å². The average molecular weight is 425 g/mol. The number of para-hydroxylation sites is 1. The van der Waals surface area contributed by atoms with Gasteiger partial charge in [-0.05, 0) is 55.3 Å². The van der Waals surface area contributed by atoms with Crippen molar-refractivity contribution < 1.29 is 10.2 Å². The molecule has 29 heavy (non-hydrogen) atoms. The van der Waals surface area contributed by atoms with Crippen LogP contribution >= 0.6 is 22.9 Å². The number of thiophene rings is 1. The Kier molecular flexibility index (Phi) is 5.32. The zero-order valence-corrected chi connectivity index (χ0v) is 17.7. The lowest BCUT2D eigenvalue weighted by atomic mass is 10.1. The molecule has 0 spiro atoms. The van der Waals surface area contributed by atoms with E-state index in [0.29, 0.717) is 10.7 Å². The van der Waals surface area contributed by atoms with Crippen molar-refractivity contribution in [2.45, 2.75) is 26.1 Å². The molecule has 4 aromatic rings. The standard InChI is InChI=1S/C23H21ClN2O2S/c1-23(2,28)22-13-19(26(25-22)18-10-6-5-9-17(18)24)21-12-11-20(29-21)16-8-4-3-7-15(16)14-27/h3-13,27-28H,14H2,1-2H3. The minimum Gasteiger partial charge on any atom is -0.392 e. The summed E-state index contributed by atoms with van der Waals surface area (Å²) in [5.41, 5.74) is 3.00. The van der Waals surface area contributed by atoms with E-state index >= 15 is 0 Å². The van der Waals surface area contributed by atoms with E-state index in [1.807, 2.05) is 66.7 Å². The third-order valence-corrected chi connectivity index (χ3v) is 6.19. The van der Waals surface area contributed by atoms with Gasteiger partial charge in [0.2, 0.25) is 0 Å². The minimum absolute atomic E-state index is 0.0101. The van der Waals surface area contributed by atoms with Crippen LogP contribution in [0.2, 0.25) is 5.02 Å². The molecule has 0 saturated carbocycles. The lowest BCUT2D eigenvalue weighted by Gasteiger charge is -2.13. The number of rotatable bonds is 5. The highest BCUT2D eigenvalue weighted by atomic mass is 35.5. The van der Waals surface area contributed by atoms with Crippen LogP contribution in [0.15, 0.2) is 66.7 Å². The Bertz CT molecular complexity index is 1160. The Morgan fingerprint density at radius 2 is 1.69 bits per heavy atom. The molecule has 0 amide bonds. The summed E-state index contributed by atoms with van der Waals surface area (Å²) >= 11 is 8.05. The average Bonchev–Trinajstić information content (AvgIpc) is 3.35. The molecule has 2 aromatic carbocycles. The summed E-state index contributed by atoms with van der Waals surface area (Å²) in [6.45, 7) is 3.42. The van der Waals surface area contributed by atoms with Gasteiger partial charge in [-0.25, -0.2) is 4.68 Å². The maximum atomic E-state index is 10.5. The maximum absolute atomic E-state index is 10.5. The lowest BCUT2D eigenvalue weighted by Crippen LogP contribution is -2.16. The van der Waals surface area contributed by atoms with Crippen LogP contribution in [0.1, 0.15) is 25.1 Å². The Morgan fingerprint density at radius 3 is 2.41 bits per heavy atom. The van der Waals surface area contributed by atoms with Crippen LogP contribution < -0.4 is 0 Å². The molecule has 4 nitrogen and oxygen atoms in total. The first-order chi connectivity index (χ1) is 13.9. The van der Waals surface area contributed by atoms with Crippen molar-refractivity contribution in [1.29, 1.82) is 0 Å². The molecule has 0 atom stereocenters. The smallest absolute Gasteiger partial charge is 0.103 e. The van der Waals surface area contributed by atoms with E-state index in [0.717, 1.165) is 32.3 Å². The number of nitrogens with zero attached hydrogens (tertiary/aromatic N) is 2. The molecular weight excluding hydrogens is 404 g/mol. The second-order valence-corrected chi connectivity index (χ2v) is 8.81. The lowest BCUT2D eigenvalue weighted by molar-refractivity contribution is 0.0734. The van der Waals surface area contributed by atoms with E-state index in [1.54, 1.807) is 29.9 Å². The monoisotopic (exact) mass is 424 g/mol. The maximum Gasteiger partial charge on any atom is 0.103 e. The van der Waals surface area contributed by atoms with Crippen molar-refractivity contribution in [1.82, 2.24) is 9.78 Å². The second kappa shape index (κ2) is 7.76. The van der Waals surface area contributed by atoms with Crippen LogP contribution in [0.5, 0.6) is 0 Å². The summed E-state index contributed by atoms with van der Waals surface area (Å²) in [6, 6.07) is 21.3. The van der Waals surface area contributed by atoms with Gasteiger partial charge in [-0.2, -0.15) is 5.10 Å². The number of halogens is 1. The van der Waals surface area contributed by atoms with Gasteiger partial charge < -0.3 is 10.2 Å². The molecule has 0 aliphatic carbocycles. The Hall–Kier alpha value is -2.44. The number of benzene rings is 2. The minimum atomic E-state index is -1.08. The van der Waals surface area contributed by atoms with Crippen molar-refractivity contribution in [3.63, 3.8) is 0 Å². The topological polar surface area (TPSA) is 58.3 Å². The number of aliphatic hydroxyl groups is 2. The van der Waals surface area contributed by atoms with E-state index in [4.69, 9.17) is 11.6 Å². The molecule has 4 rings (SSSR count). The normalized spacial score (nSPS) is 11.8. The van der Waals surface area contributed by atoms with Crippen LogP contribution in [0.25, 0.3) is 26.7 Å². The van der Waals surface area contributed by atoms with Crippen molar-refractivity contribution in [2.24, 2.45) is 0 Å². The molecule has 0 aliphatic heterocycles. The first-order valence-electron chi connectivity index (χ1n) is 9.25. The number of aromatic nitrogens is 2. The van der Waals surface area contributed by atoms with Crippen LogP contribution in [-0.4, -0.2) is 20.0 Å². The SMILES string of the molecule is CC(C)(O)c1cc(-c2ccc(-c3ccccc3CO)s2)n(-c2ccccc2Cl)n1. The summed E-state index contributed by atoms with van der Waals surface area (Å²) in [5.74, 6) is 0. The summed E-state index contributed by atoms with van der Waals surface area (Å²) in [4.78, 5) is 2.05. The summed E-state index contributed by atoms with van der Waals surface area (Å²) in [6.07, 6.45) is 0. The Morgan fingerprint density at radius 1 is 1.00 bits per heavy atom. The molecule has 0 unspecified atom stereocenters. The highest BCUT2D eigenvalue weighted by Crippen LogP contribution is 2.38. The fourth-order valence-electron chi connectivity index (χ4n) is 3.18. The molecule has 0 fully saturated rings. The molecule has 6 heteroatoms. The molecule has 0 radical (unpaired) electrons. The first-order valence-corrected chi connectivity index (χ1v) is 10.4. The van der Waals surface area contributed by atoms with E-state index in [9.17, 15) is 10.2 Å². The van der Waals surface area contributed by atoms with Gasteiger partial charge in [-0.15, -0.1) is 11.3 Å². The van der Waals surface area contributed by atoms with E-state index in [1.165, 1.54) is 0 Å². The van der Waals surface area contributed by atoms with Gasteiger partial charge in [0.25, 0.3) is 0 Å². The van der Waals surface area contributed by atoms with E-state index < -0.39 is 5.60 Å². The largest absolute Gasteiger partial charge is 0.392 e. The molecule has 0 bridgehead atoms. The molecular formula is C23H21ClN2O2S. The quantitative estimate of drug-likeness (QED) is 0.435. The summed E-state index contributed by atoms with van der Waals surface area (Å²) in [5, 5.41) is 25.4. The fourth-order valence-corrected chi connectivity index (χ4v) is 4.47. The van der Waals surface area contributed by atoms with Crippen LogP contribution in [0, 0.1) is 0 Å². The zero-order chi connectivity index (χ0) is 20.6. The molecule has 2 heterocycles. The Balaban J connectivity index is 1.86. The van der Waals surface area contributed by atoms with Gasteiger partial charge in [0, 0.05) is 4.88 Å². The van der Waals surface area contributed by atoms with Crippen LogP contribution in [0.3, 0.4) is 0 Å². The van der Waals surface area contributed by atoms with Gasteiger partial charge in [-0.3, -0.25) is 0 Å². The third-order valence-electron chi connectivity index (χ3n) is 4.73. The molecule has 2 N–H and O–H groups in total. The van der Waals surface area contributed by atoms with Gasteiger partial charge >= 0.3 is 0 Å². The third kappa shape index (κ3) is 3.87. The van der Waals surface area contributed by atoms with Crippen molar-refractivity contribution >= 4 is 22.9 Å². The van der Waals surface area contributed by atoms with Gasteiger partial charge in [-0.1, -0.05) is 48.0 Å². The van der Waals surface area contributed by atoms with E-state index in [2.05, 4.69) is 5.10 Å². The van der Waals surface area contributed by atoms with Gasteiger partial charge in [0.1, 0.15) is 5.60 Å². The van der Waals surface area contributed by atoms with Crippen LogP contribution in [0.4, 0.5) is 0 Å². The molecule has 148 valence electrons. The number of hydrogen-bond acceptors (Lipinski definition) is 4. The zero-order valence-electron chi connectivity index (χ0n) is 16.1. The predicted octanol–water partition coefficient (Wildman–Crippen LogP) is 5.64. The van der Waals surface area contributed by atoms with Gasteiger partial charge in [0.15, 0.2) is 0 Å². The fraction of sp³-hybridized carbons (Fsp3) is 0.174. The Labute approximate surface area is 178 Å². The van der Waals surface area contributed by atoms with Crippen molar-refractivity contribution in [3.8, 4) is 26.7 Å². The molecule has 2 aromatic heterocycles. The van der Waals surface area contributed by atoms with Gasteiger partial charge in [0.05, 0.1) is 33.6 Å².